The number of benzene rings is 5. The van der Waals surface area contributed by atoms with Crippen molar-refractivity contribution in [3.63, 3.8) is 0 Å². The molecular formula is C40H41F4IO6S3. The van der Waals surface area contributed by atoms with Gasteiger partial charge in [-0.15, -0.1) is 0 Å². The number of hydrogen-bond acceptors (Lipinski definition) is 6. The van der Waals surface area contributed by atoms with Crippen LogP contribution in [0, 0.1) is 7.14 Å². The average Bonchev–Trinajstić information content (AvgIpc) is 3.13. The van der Waals surface area contributed by atoms with Gasteiger partial charge in [0.2, 0.25) is 0 Å². The first-order valence-electron chi connectivity index (χ1n) is 16.6. The summed E-state index contributed by atoms with van der Waals surface area (Å²) in [4.78, 5) is 0.236. The van der Waals surface area contributed by atoms with Gasteiger partial charge in [0.05, 0.1) is 0 Å². The molecule has 0 aliphatic carbocycles. The maximum atomic E-state index is 16.3. The third-order valence-electron chi connectivity index (χ3n) is 8.35. The fraction of sp³-hybridized carbons (Fsp3) is 0.250. The van der Waals surface area contributed by atoms with Crippen molar-refractivity contribution >= 4 is 50.8 Å². The van der Waals surface area contributed by atoms with Gasteiger partial charge >= 0.3 is 327 Å². The Kier molecular flexibility index (Phi) is 11.9. The Morgan fingerprint density at radius 1 is 0.444 bits per heavy atom. The molecule has 0 heterocycles. The molecule has 0 bridgehead atoms. The molecule has 5 rings (SSSR count). The minimum absolute atomic E-state index is 0.0787. The Morgan fingerprint density at radius 3 is 1.04 bits per heavy atom. The monoisotopic (exact) mass is 916 g/mol. The Labute approximate surface area is 324 Å². The number of halogens is 5. The summed E-state index contributed by atoms with van der Waals surface area (Å²) in [6.07, 6.45) is 0. The Bertz CT molecular complexity index is 2110. The van der Waals surface area contributed by atoms with E-state index in [2.05, 4.69) is 0 Å². The summed E-state index contributed by atoms with van der Waals surface area (Å²) in [6.45, 7) is 11.7. The molecule has 0 saturated heterocycles. The number of hydrogen-bond donors (Lipinski definition) is 0. The van der Waals surface area contributed by atoms with Crippen LogP contribution in [0.25, 0.3) is 0 Å². The second kappa shape index (κ2) is 15.3. The van der Waals surface area contributed by atoms with Gasteiger partial charge in [0.1, 0.15) is 0 Å². The van der Waals surface area contributed by atoms with Crippen LogP contribution in [0.2, 0.25) is 0 Å². The molecule has 0 N–H and O–H groups in total. The fourth-order valence-corrected chi connectivity index (χ4v) is 17.8. The summed E-state index contributed by atoms with van der Waals surface area (Å²) in [7, 11) is -17.2. The standard InChI is InChI=1S/C40H41F4IO6S3/c1-37(2,3)30-22-26-32(27-23-30)45(33-28-24-31(25-29-33)38(4,5)6)50-53(46,47)39(41,42)40(43,44)54(48,49)51-52(34-16-10-7-11-17-34,35-18-12-8-13-19-35)36-20-14-9-15-21-36/h7-29H,1-6H3. The zero-order chi connectivity index (χ0) is 39.8. The molecule has 54 heavy (non-hydrogen) atoms. The SMILES string of the molecule is CC(C)(C)c1ccc(I(OS(=O)(=O)C(F)(F)C(F)(F)S(=O)(=O)OS(c2ccccc2)(c2ccccc2)c2ccccc2)c2ccc(C(C)(C)C)cc2)cc1. The van der Waals surface area contributed by atoms with Crippen LogP contribution in [0.4, 0.5) is 17.6 Å². The number of alkyl halides is 4. The van der Waals surface area contributed by atoms with Crippen LogP contribution in [0.3, 0.4) is 0 Å². The van der Waals surface area contributed by atoms with Gasteiger partial charge in [0.15, 0.2) is 0 Å². The van der Waals surface area contributed by atoms with Gasteiger partial charge in [-0.1, -0.05) is 0 Å². The molecule has 5 aromatic carbocycles. The molecule has 14 heteroatoms. The third kappa shape index (κ3) is 8.14. The van der Waals surface area contributed by atoms with Gasteiger partial charge in [0.25, 0.3) is 0 Å². The molecule has 0 radical (unpaired) electrons. The van der Waals surface area contributed by atoms with E-state index < -0.39 is 61.3 Å². The van der Waals surface area contributed by atoms with E-state index in [0.29, 0.717) is 0 Å². The van der Waals surface area contributed by atoms with Crippen LogP contribution in [0.1, 0.15) is 52.7 Å². The minimum atomic E-state index is -6.80. The summed E-state index contributed by atoms with van der Waals surface area (Å²) in [6, 6.07) is 35.2. The van der Waals surface area contributed by atoms with E-state index >= 15 is 17.6 Å². The van der Waals surface area contributed by atoms with Crippen molar-refractivity contribution < 1.29 is 40.5 Å². The molecule has 0 spiro atoms. The Balaban J connectivity index is 1.62. The third-order valence-corrected chi connectivity index (χ3v) is 21.1. The van der Waals surface area contributed by atoms with E-state index in [4.69, 9.17) is 6.14 Å². The molecular weight excluding hydrogens is 876 g/mol. The first-order valence-corrected chi connectivity index (χ1v) is 24.0. The summed E-state index contributed by atoms with van der Waals surface area (Å²) in [5.41, 5.74) is 1.04. The first kappa shape index (κ1) is 41.9. The summed E-state index contributed by atoms with van der Waals surface area (Å²) in [5.74, 6) is 0. The second-order valence-electron chi connectivity index (χ2n) is 14.3. The fourth-order valence-electron chi connectivity index (χ4n) is 5.28. The van der Waals surface area contributed by atoms with Gasteiger partial charge in [0, 0.05) is 0 Å². The van der Waals surface area contributed by atoms with E-state index in [0.717, 1.165) is 11.1 Å². The second-order valence-corrected chi connectivity index (χ2v) is 25.4. The molecule has 5 aromatic rings. The van der Waals surface area contributed by atoms with Crippen molar-refractivity contribution in [2.75, 3.05) is 0 Å². The molecule has 0 amide bonds. The first-order chi connectivity index (χ1) is 25.0. The topological polar surface area (TPSA) is 86.7 Å². The van der Waals surface area contributed by atoms with Crippen LogP contribution in [0.15, 0.2) is 154 Å². The molecule has 0 unspecified atom stereocenters. The van der Waals surface area contributed by atoms with Crippen LogP contribution in [-0.4, -0.2) is 27.3 Å². The van der Waals surface area contributed by atoms with Crippen molar-refractivity contribution in [1.82, 2.24) is 0 Å². The van der Waals surface area contributed by atoms with Gasteiger partial charge in [-0.3, -0.25) is 0 Å². The van der Waals surface area contributed by atoms with Crippen LogP contribution < -0.4 is 0 Å². The molecule has 0 aliphatic heterocycles. The van der Waals surface area contributed by atoms with Gasteiger partial charge in [-0.2, -0.15) is 0 Å². The zero-order valence-electron chi connectivity index (χ0n) is 30.3. The maximum absolute atomic E-state index is 16.3. The quantitative estimate of drug-likeness (QED) is 0.0915. The summed E-state index contributed by atoms with van der Waals surface area (Å²) >= 11 is -4.02. The predicted octanol–water partition coefficient (Wildman–Crippen LogP) is 11.5. The normalized spacial score (nSPS) is 14.1. The van der Waals surface area contributed by atoms with Crippen LogP contribution >= 0.6 is 30.5 Å². The van der Waals surface area contributed by atoms with Crippen molar-refractivity contribution in [1.29, 1.82) is 0 Å². The molecule has 0 fully saturated rings. The van der Waals surface area contributed by atoms with E-state index in [9.17, 15) is 16.8 Å². The van der Waals surface area contributed by atoms with Gasteiger partial charge < -0.3 is 0 Å². The summed E-state index contributed by atoms with van der Waals surface area (Å²) < 4.78 is 131. The van der Waals surface area contributed by atoms with Crippen molar-refractivity contribution in [3.8, 4) is 0 Å². The summed E-state index contributed by atoms with van der Waals surface area (Å²) in [5, 5.41) is -12.6. The van der Waals surface area contributed by atoms with Crippen LogP contribution in [-0.2, 0) is 37.2 Å². The predicted molar refractivity (Wildman–Crippen MR) is 213 cm³/mol. The van der Waals surface area contributed by atoms with Gasteiger partial charge in [-0.25, -0.2) is 0 Å². The van der Waals surface area contributed by atoms with Crippen LogP contribution in [0.5, 0.6) is 0 Å². The molecule has 0 atom stereocenters. The van der Waals surface area contributed by atoms with Crippen molar-refractivity contribution in [2.45, 2.75) is 77.6 Å². The van der Waals surface area contributed by atoms with Crippen molar-refractivity contribution in [2.24, 2.45) is 0 Å². The molecule has 290 valence electrons. The molecule has 0 saturated carbocycles. The Morgan fingerprint density at radius 2 is 0.741 bits per heavy atom. The molecule has 6 nitrogen and oxygen atoms in total. The van der Waals surface area contributed by atoms with Crippen molar-refractivity contribution in [3.05, 3.63) is 158 Å². The average molecular weight is 917 g/mol. The van der Waals surface area contributed by atoms with E-state index in [1.54, 1.807) is 42.5 Å². The molecule has 0 aromatic heterocycles. The number of rotatable bonds is 12. The van der Waals surface area contributed by atoms with Gasteiger partial charge in [-0.05, 0) is 0 Å². The van der Waals surface area contributed by atoms with E-state index in [1.165, 1.54) is 97.1 Å². The Hall–Kier alpha value is -3.28. The van der Waals surface area contributed by atoms with E-state index in [1.807, 2.05) is 41.5 Å². The molecule has 0 aliphatic rings. The van der Waals surface area contributed by atoms with E-state index in [-0.39, 0.29) is 32.7 Å². The zero-order valence-corrected chi connectivity index (χ0v) is 35.0.